The molecule has 0 radical (unpaired) electrons. The standard InChI is InChI=1S/C15H18FN3/c1-2-8-17-14(15-18-9-3-10-19-15)11-12-4-6-13(16)7-5-12/h3-7,9-10,14,17H,2,8,11H2,1H3. The van der Waals surface area contributed by atoms with E-state index in [1.54, 1.807) is 30.6 Å². The van der Waals surface area contributed by atoms with Crippen molar-refractivity contribution in [3.05, 3.63) is 59.9 Å². The van der Waals surface area contributed by atoms with Crippen LogP contribution < -0.4 is 5.32 Å². The van der Waals surface area contributed by atoms with Gasteiger partial charge in [-0.2, -0.15) is 0 Å². The highest BCUT2D eigenvalue weighted by atomic mass is 19.1. The largest absolute Gasteiger partial charge is 0.307 e. The van der Waals surface area contributed by atoms with E-state index < -0.39 is 0 Å². The van der Waals surface area contributed by atoms with Gasteiger partial charge in [-0.25, -0.2) is 14.4 Å². The Balaban J connectivity index is 2.11. The van der Waals surface area contributed by atoms with E-state index in [-0.39, 0.29) is 11.9 Å². The van der Waals surface area contributed by atoms with Gasteiger partial charge >= 0.3 is 0 Å². The van der Waals surface area contributed by atoms with Crippen molar-refractivity contribution in [2.75, 3.05) is 6.54 Å². The van der Waals surface area contributed by atoms with Crippen LogP contribution in [0.1, 0.15) is 30.8 Å². The summed E-state index contributed by atoms with van der Waals surface area (Å²) in [7, 11) is 0. The molecule has 1 aromatic carbocycles. The maximum Gasteiger partial charge on any atom is 0.145 e. The average molecular weight is 259 g/mol. The summed E-state index contributed by atoms with van der Waals surface area (Å²) in [4.78, 5) is 8.60. The fourth-order valence-corrected chi connectivity index (χ4v) is 1.92. The molecule has 0 amide bonds. The van der Waals surface area contributed by atoms with Crippen molar-refractivity contribution in [1.29, 1.82) is 0 Å². The van der Waals surface area contributed by atoms with Crippen molar-refractivity contribution >= 4 is 0 Å². The molecule has 19 heavy (non-hydrogen) atoms. The first-order chi connectivity index (χ1) is 9.29. The minimum atomic E-state index is -0.210. The third-order valence-corrected chi connectivity index (χ3v) is 2.89. The van der Waals surface area contributed by atoms with Gasteiger partial charge in [0.15, 0.2) is 0 Å². The highest BCUT2D eigenvalue weighted by Crippen LogP contribution is 2.15. The number of hydrogen-bond donors (Lipinski definition) is 1. The van der Waals surface area contributed by atoms with Crippen molar-refractivity contribution in [3.8, 4) is 0 Å². The Hall–Kier alpha value is -1.81. The molecule has 1 aromatic heterocycles. The van der Waals surface area contributed by atoms with E-state index in [0.717, 1.165) is 30.8 Å². The van der Waals surface area contributed by atoms with Crippen LogP contribution >= 0.6 is 0 Å². The molecule has 0 bridgehead atoms. The zero-order valence-corrected chi connectivity index (χ0v) is 11.0. The summed E-state index contributed by atoms with van der Waals surface area (Å²) in [5, 5.41) is 3.43. The maximum atomic E-state index is 12.9. The highest BCUT2D eigenvalue weighted by molar-refractivity contribution is 5.18. The molecule has 0 saturated carbocycles. The van der Waals surface area contributed by atoms with Gasteiger partial charge in [0.05, 0.1) is 6.04 Å². The fourth-order valence-electron chi connectivity index (χ4n) is 1.92. The van der Waals surface area contributed by atoms with Gasteiger partial charge in [-0.05, 0) is 43.1 Å². The molecule has 3 nitrogen and oxygen atoms in total. The van der Waals surface area contributed by atoms with Crippen molar-refractivity contribution in [2.24, 2.45) is 0 Å². The fraction of sp³-hybridized carbons (Fsp3) is 0.333. The van der Waals surface area contributed by atoms with E-state index in [1.807, 2.05) is 0 Å². The molecular weight excluding hydrogens is 241 g/mol. The normalized spacial score (nSPS) is 12.3. The summed E-state index contributed by atoms with van der Waals surface area (Å²) >= 11 is 0. The van der Waals surface area contributed by atoms with Crippen LogP contribution in [0.5, 0.6) is 0 Å². The number of benzene rings is 1. The van der Waals surface area contributed by atoms with Gasteiger partial charge in [-0.1, -0.05) is 19.1 Å². The van der Waals surface area contributed by atoms with E-state index in [9.17, 15) is 4.39 Å². The van der Waals surface area contributed by atoms with Crippen LogP contribution in [-0.2, 0) is 6.42 Å². The summed E-state index contributed by atoms with van der Waals surface area (Å²) in [6.07, 6.45) is 5.29. The van der Waals surface area contributed by atoms with Gasteiger partial charge in [-0.3, -0.25) is 0 Å². The van der Waals surface area contributed by atoms with Crippen LogP contribution in [0.2, 0.25) is 0 Å². The number of aromatic nitrogens is 2. The molecule has 2 rings (SSSR count). The monoisotopic (exact) mass is 259 g/mol. The zero-order chi connectivity index (χ0) is 13.5. The van der Waals surface area contributed by atoms with Crippen LogP contribution in [0.25, 0.3) is 0 Å². The first-order valence-corrected chi connectivity index (χ1v) is 6.54. The van der Waals surface area contributed by atoms with E-state index in [4.69, 9.17) is 0 Å². The number of nitrogens with zero attached hydrogens (tertiary/aromatic N) is 2. The maximum absolute atomic E-state index is 12.9. The predicted octanol–water partition coefficient (Wildman–Crippen LogP) is 2.90. The summed E-state index contributed by atoms with van der Waals surface area (Å²) in [6.45, 7) is 3.03. The molecule has 0 aliphatic heterocycles. The van der Waals surface area contributed by atoms with Gasteiger partial charge in [0.2, 0.25) is 0 Å². The molecule has 100 valence electrons. The average Bonchev–Trinajstić information content (AvgIpc) is 2.46. The third-order valence-electron chi connectivity index (χ3n) is 2.89. The van der Waals surface area contributed by atoms with Crippen LogP contribution in [0.3, 0.4) is 0 Å². The van der Waals surface area contributed by atoms with Crippen LogP contribution in [-0.4, -0.2) is 16.5 Å². The molecule has 4 heteroatoms. The molecule has 0 spiro atoms. The van der Waals surface area contributed by atoms with Gasteiger partial charge in [0.25, 0.3) is 0 Å². The lowest BCUT2D eigenvalue weighted by molar-refractivity contribution is 0.504. The lowest BCUT2D eigenvalue weighted by atomic mass is 10.0. The minimum absolute atomic E-state index is 0.0617. The second-order valence-corrected chi connectivity index (χ2v) is 4.44. The molecule has 0 aliphatic rings. The van der Waals surface area contributed by atoms with Crippen LogP contribution in [0.15, 0.2) is 42.7 Å². The Kier molecular flexibility index (Phi) is 4.98. The second-order valence-electron chi connectivity index (χ2n) is 4.44. The van der Waals surface area contributed by atoms with E-state index >= 15 is 0 Å². The van der Waals surface area contributed by atoms with Crippen LogP contribution in [0, 0.1) is 5.82 Å². The Morgan fingerprint density at radius 2 is 1.84 bits per heavy atom. The van der Waals surface area contributed by atoms with Crippen LogP contribution in [0.4, 0.5) is 4.39 Å². The Labute approximate surface area is 112 Å². The number of hydrogen-bond acceptors (Lipinski definition) is 3. The minimum Gasteiger partial charge on any atom is -0.307 e. The van der Waals surface area contributed by atoms with Crippen molar-refractivity contribution in [2.45, 2.75) is 25.8 Å². The van der Waals surface area contributed by atoms with Crippen molar-refractivity contribution in [1.82, 2.24) is 15.3 Å². The topological polar surface area (TPSA) is 37.8 Å². The second kappa shape index (κ2) is 6.95. The zero-order valence-electron chi connectivity index (χ0n) is 11.0. The van der Waals surface area contributed by atoms with E-state index in [2.05, 4.69) is 22.2 Å². The van der Waals surface area contributed by atoms with Gasteiger partial charge in [0.1, 0.15) is 11.6 Å². The smallest absolute Gasteiger partial charge is 0.145 e. The Morgan fingerprint density at radius 1 is 1.16 bits per heavy atom. The molecule has 0 saturated heterocycles. The first-order valence-electron chi connectivity index (χ1n) is 6.54. The lowest BCUT2D eigenvalue weighted by Crippen LogP contribution is -2.25. The Bertz CT molecular complexity index is 485. The highest BCUT2D eigenvalue weighted by Gasteiger charge is 2.13. The first kappa shape index (κ1) is 13.6. The van der Waals surface area contributed by atoms with Gasteiger partial charge in [-0.15, -0.1) is 0 Å². The number of rotatable bonds is 6. The SMILES string of the molecule is CCCNC(Cc1ccc(F)cc1)c1ncccn1. The molecule has 1 N–H and O–H groups in total. The summed E-state index contributed by atoms with van der Waals surface area (Å²) in [6, 6.07) is 8.44. The molecule has 0 aliphatic carbocycles. The third kappa shape index (κ3) is 4.10. The van der Waals surface area contributed by atoms with E-state index in [1.165, 1.54) is 12.1 Å². The van der Waals surface area contributed by atoms with Crippen molar-refractivity contribution < 1.29 is 4.39 Å². The Morgan fingerprint density at radius 3 is 2.47 bits per heavy atom. The number of nitrogens with one attached hydrogen (secondary N) is 1. The molecular formula is C15H18FN3. The van der Waals surface area contributed by atoms with Gasteiger partial charge < -0.3 is 5.32 Å². The summed E-state index contributed by atoms with van der Waals surface area (Å²) in [5.41, 5.74) is 1.07. The number of halogens is 1. The quantitative estimate of drug-likeness (QED) is 0.866. The predicted molar refractivity (Wildman–Crippen MR) is 73.2 cm³/mol. The molecule has 1 atom stereocenters. The summed E-state index contributed by atoms with van der Waals surface area (Å²) < 4.78 is 12.9. The van der Waals surface area contributed by atoms with E-state index in [0.29, 0.717) is 0 Å². The molecule has 2 aromatic rings. The van der Waals surface area contributed by atoms with Crippen molar-refractivity contribution in [3.63, 3.8) is 0 Å². The van der Waals surface area contributed by atoms with Gasteiger partial charge in [0, 0.05) is 12.4 Å². The lowest BCUT2D eigenvalue weighted by Gasteiger charge is -2.17. The molecule has 0 fully saturated rings. The molecule has 1 heterocycles. The summed E-state index contributed by atoms with van der Waals surface area (Å²) in [5.74, 6) is 0.568. The molecule has 1 unspecified atom stereocenters.